The first-order valence-electron chi connectivity index (χ1n) is 6.31. The number of aliphatic hydroxyl groups excluding tert-OH is 1. The van der Waals surface area contributed by atoms with Crippen molar-refractivity contribution in [3.63, 3.8) is 0 Å². The number of esters is 2. The number of ether oxygens (including phenoxy) is 2. The monoisotopic (exact) mass is 334 g/mol. The van der Waals surface area contributed by atoms with Gasteiger partial charge >= 0.3 is 11.9 Å². The summed E-state index contributed by atoms with van der Waals surface area (Å²) in [7, 11) is -1.55. The van der Waals surface area contributed by atoms with E-state index in [9.17, 15) is 23.1 Å². The van der Waals surface area contributed by atoms with Crippen molar-refractivity contribution in [1.29, 1.82) is 0 Å². The number of carbonyl (C=O) groups is 2. The van der Waals surface area contributed by atoms with Crippen LogP contribution in [0, 0.1) is 0 Å². The molecule has 0 aliphatic rings. The summed E-state index contributed by atoms with van der Waals surface area (Å²) >= 11 is 0. The molecule has 1 aromatic rings. The lowest BCUT2D eigenvalue weighted by Gasteiger charge is -2.07. The predicted octanol–water partition coefficient (Wildman–Crippen LogP) is -0.855. The van der Waals surface area contributed by atoms with Gasteiger partial charge in [0.25, 0.3) is 0 Å². The van der Waals surface area contributed by atoms with Crippen LogP contribution in [0.1, 0.15) is 23.1 Å². The lowest BCUT2D eigenvalue weighted by molar-refractivity contribution is -0.139. The van der Waals surface area contributed by atoms with Crippen molar-refractivity contribution in [2.24, 2.45) is 7.05 Å². The molecule has 124 valence electrons. The molecule has 0 amide bonds. The Morgan fingerprint density at radius 2 is 2.05 bits per heavy atom. The second-order valence-corrected chi connectivity index (χ2v) is 5.91. The zero-order valence-electron chi connectivity index (χ0n) is 12.5. The maximum atomic E-state index is 12.2. The van der Waals surface area contributed by atoms with Gasteiger partial charge in [0.2, 0.25) is 10.0 Å². The van der Waals surface area contributed by atoms with E-state index in [0.717, 1.165) is 13.2 Å². The fourth-order valence-electron chi connectivity index (χ4n) is 1.74. The van der Waals surface area contributed by atoms with Crippen molar-refractivity contribution in [3.8, 4) is 0 Å². The molecule has 9 nitrogen and oxygen atoms in total. The molecule has 22 heavy (non-hydrogen) atoms. The molecule has 0 aromatic carbocycles. The molecule has 0 spiro atoms. The maximum Gasteiger partial charge on any atom is 0.354 e. The number of aromatic nitrogens is 1. The molecule has 0 radical (unpaired) electrons. The molecule has 1 rings (SSSR count). The van der Waals surface area contributed by atoms with Crippen LogP contribution >= 0.6 is 0 Å². The fourth-order valence-corrected chi connectivity index (χ4v) is 2.98. The topological polar surface area (TPSA) is 124 Å². The van der Waals surface area contributed by atoms with Crippen LogP contribution in [0.2, 0.25) is 0 Å². The van der Waals surface area contributed by atoms with Gasteiger partial charge in [-0.3, -0.25) is 4.79 Å². The normalized spacial score (nSPS) is 11.3. The Kier molecular flexibility index (Phi) is 6.09. The summed E-state index contributed by atoms with van der Waals surface area (Å²) in [5, 5.41) is 9.35. The third kappa shape index (κ3) is 3.84. The molecule has 0 unspecified atom stereocenters. The van der Waals surface area contributed by atoms with Gasteiger partial charge < -0.3 is 19.1 Å². The molecule has 0 bridgehead atoms. The van der Waals surface area contributed by atoms with Gasteiger partial charge in [-0.15, -0.1) is 0 Å². The highest BCUT2D eigenvalue weighted by atomic mass is 32.2. The van der Waals surface area contributed by atoms with Crippen molar-refractivity contribution in [1.82, 2.24) is 9.29 Å². The summed E-state index contributed by atoms with van der Waals surface area (Å²) in [5.41, 5.74) is -0.0234. The lowest BCUT2D eigenvalue weighted by atomic mass is 10.4. The van der Waals surface area contributed by atoms with Crippen LogP contribution < -0.4 is 4.72 Å². The van der Waals surface area contributed by atoms with Gasteiger partial charge in [-0.2, -0.15) is 4.72 Å². The predicted molar refractivity (Wildman–Crippen MR) is 74.5 cm³/mol. The Balaban J connectivity index is 3.20. The molecule has 0 aliphatic carbocycles. The van der Waals surface area contributed by atoms with E-state index in [1.165, 1.54) is 11.6 Å². The number of carbonyl (C=O) groups excluding carboxylic acids is 2. The Hall–Kier alpha value is -1.91. The average Bonchev–Trinajstić information content (AvgIpc) is 2.82. The molecule has 0 fully saturated rings. The molecule has 0 saturated carbocycles. The summed E-state index contributed by atoms with van der Waals surface area (Å²) in [6.07, 6.45) is 0. The molecule has 10 heteroatoms. The second-order valence-electron chi connectivity index (χ2n) is 4.18. The smallest absolute Gasteiger partial charge is 0.354 e. The van der Waals surface area contributed by atoms with Gasteiger partial charge in [0.05, 0.1) is 26.0 Å². The van der Waals surface area contributed by atoms with Crippen LogP contribution in [0.15, 0.2) is 11.0 Å². The zero-order chi connectivity index (χ0) is 16.9. The van der Waals surface area contributed by atoms with E-state index in [0.29, 0.717) is 0 Å². The summed E-state index contributed by atoms with van der Waals surface area (Å²) in [6, 6.07) is 1.09. The van der Waals surface area contributed by atoms with Gasteiger partial charge in [-0.1, -0.05) is 0 Å². The van der Waals surface area contributed by atoms with Crippen molar-refractivity contribution < 1.29 is 32.6 Å². The first-order chi connectivity index (χ1) is 10.3. The van der Waals surface area contributed by atoms with Crippen LogP contribution in [0.5, 0.6) is 0 Å². The molecule has 0 atom stereocenters. The van der Waals surface area contributed by atoms with E-state index in [1.807, 2.05) is 4.72 Å². The Morgan fingerprint density at radius 1 is 1.41 bits per heavy atom. The molecule has 0 aliphatic heterocycles. The van der Waals surface area contributed by atoms with Crippen molar-refractivity contribution >= 4 is 22.0 Å². The molecule has 0 saturated heterocycles. The van der Waals surface area contributed by atoms with Crippen molar-refractivity contribution in [2.75, 3.05) is 20.3 Å². The number of hydrogen-bond acceptors (Lipinski definition) is 7. The highest BCUT2D eigenvalue weighted by Crippen LogP contribution is 2.21. The summed E-state index contributed by atoms with van der Waals surface area (Å²) in [4.78, 5) is 22.5. The molecular formula is C12H18N2O7S. The van der Waals surface area contributed by atoms with Crippen LogP contribution in [0.3, 0.4) is 0 Å². The lowest BCUT2D eigenvalue weighted by Crippen LogP contribution is -2.30. The molecule has 2 N–H and O–H groups in total. The second kappa shape index (κ2) is 7.38. The van der Waals surface area contributed by atoms with Gasteiger partial charge in [0, 0.05) is 7.05 Å². The van der Waals surface area contributed by atoms with E-state index in [4.69, 9.17) is 4.74 Å². The minimum Gasteiger partial charge on any atom is -0.468 e. The van der Waals surface area contributed by atoms with E-state index >= 15 is 0 Å². The van der Waals surface area contributed by atoms with Crippen molar-refractivity contribution in [3.05, 3.63) is 17.5 Å². The highest BCUT2D eigenvalue weighted by molar-refractivity contribution is 7.89. The van der Waals surface area contributed by atoms with Gasteiger partial charge in [0.15, 0.2) is 0 Å². The Bertz CT molecular complexity index is 663. The van der Waals surface area contributed by atoms with Gasteiger partial charge in [0.1, 0.15) is 17.1 Å². The Labute approximate surface area is 127 Å². The summed E-state index contributed by atoms with van der Waals surface area (Å²) in [6.45, 7) is 0.572. The Morgan fingerprint density at radius 3 is 2.55 bits per heavy atom. The third-order valence-corrected chi connectivity index (χ3v) is 4.33. The minimum absolute atomic E-state index is 0.000388. The first-order valence-corrected chi connectivity index (χ1v) is 7.79. The van der Waals surface area contributed by atoms with E-state index in [-0.39, 0.29) is 22.9 Å². The minimum atomic E-state index is -4.10. The fraction of sp³-hybridized carbons (Fsp3) is 0.500. The zero-order valence-corrected chi connectivity index (χ0v) is 13.3. The van der Waals surface area contributed by atoms with Crippen LogP contribution in [-0.4, -0.2) is 50.3 Å². The molecule has 1 aromatic heterocycles. The standard InChI is InChI=1S/C12H18N2O7S/c1-4-21-12(17)8-5-10(9(7-15)14(8)2)22(18,19)13-6-11(16)20-3/h5,13,15H,4,6-7H2,1-3H3. The number of aliphatic hydroxyl groups is 1. The van der Waals surface area contributed by atoms with Crippen molar-refractivity contribution in [2.45, 2.75) is 18.4 Å². The number of sulfonamides is 1. The third-order valence-electron chi connectivity index (χ3n) is 2.88. The largest absolute Gasteiger partial charge is 0.468 e. The van der Waals surface area contributed by atoms with Crippen LogP contribution in [0.4, 0.5) is 0 Å². The quantitative estimate of drug-likeness (QED) is 0.622. The maximum absolute atomic E-state index is 12.2. The number of hydrogen-bond donors (Lipinski definition) is 2. The number of nitrogens with one attached hydrogen (secondary N) is 1. The van der Waals surface area contributed by atoms with E-state index in [1.54, 1.807) is 6.92 Å². The van der Waals surface area contributed by atoms with Crippen LogP contribution in [0.25, 0.3) is 0 Å². The first kappa shape index (κ1) is 18.1. The highest BCUT2D eigenvalue weighted by Gasteiger charge is 2.27. The summed E-state index contributed by atoms with van der Waals surface area (Å²) in [5.74, 6) is -1.48. The number of methoxy groups -OCH3 is 1. The summed E-state index contributed by atoms with van der Waals surface area (Å²) < 4.78 is 36.8. The number of nitrogens with zero attached hydrogens (tertiary/aromatic N) is 1. The van der Waals surface area contributed by atoms with E-state index in [2.05, 4.69) is 4.74 Å². The molecule has 1 heterocycles. The molecular weight excluding hydrogens is 316 g/mol. The SMILES string of the molecule is CCOC(=O)c1cc(S(=O)(=O)NCC(=O)OC)c(CO)n1C. The van der Waals surface area contributed by atoms with Gasteiger partial charge in [-0.05, 0) is 13.0 Å². The number of rotatable bonds is 7. The average molecular weight is 334 g/mol. The van der Waals surface area contributed by atoms with Gasteiger partial charge in [-0.25, -0.2) is 13.2 Å². The van der Waals surface area contributed by atoms with E-state index < -0.39 is 35.1 Å². The van der Waals surface area contributed by atoms with Crippen LogP contribution in [-0.2, 0) is 37.9 Å².